The summed E-state index contributed by atoms with van der Waals surface area (Å²) in [6.45, 7) is 0. The molecule has 0 aliphatic carbocycles. The molecule has 0 N–H and O–H groups in total. The van der Waals surface area contributed by atoms with Gasteiger partial charge >= 0.3 is 0 Å². The maximum atomic E-state index is 5.02. The van der Waals surface area contributed by atoms with Gasteiger partial charge in [-0.15, -0.1) is 5.10 Å². The minimum atomic E-state index is 0.698. The first-order valence-corrected chi connectivity index (χ1v) is 14.4. The molecule has 5 heteroatoms. The Morgan fingerprint density at radius 2 is 0.767 bits per heavy atom. The van der Waals surface area contributed by atoms with Gasteiger partial charge in [0.1, 0.15) is 0 Å². The molecule has 204 valence electrons. The normalized spacial score (nSPS) is 12.1. The maximum Gasteiger partial charge on any atom is 0.182 e. The van der Waals surface area contributed by atoms with Crippen LogP contribution in [0.15, 0.2) is 164 Å². The number of nitrogens with zero attached hydrogens (tertiary/aromatic N) is 5. The van der Waals surface area contributed by atoms with Gasteiger partial charge in [0.15, 0.2) is 11.6 Å². The SMILES string of the molecule is c1ccc(-c2nc(-c3ccc(N4c5ccccc5N(c5ccccc5)c5ccccc54)cc3)n(-c3ccccc3)n2)cc1. The van der Waals surface area contributed by atoms with Crippen molar-refractivity contribution in [2.45, 2.75) is 0 Å². The monoisotopic (exact) mass is 553 g/mol. The van der Waals surface area contributed by atoms with Crippen molar-refractivity contribution >= 4 is 34.1 Å². The highest BCUT2D eigenvalue weighted by Crippen LogP contribution is 2.53. The Bertz CT molecular complexity index is 1970. The zero-order valence-corrected chi connectivity index (χ0v) is 23.3. The first-order valence-electron chi connectivity index (χ1n) is 14.4. The van der Waals surface area contributed by atoms with Crippen molar-refractivity contribution in [3.05, 3.63) is 164 Å². The molecular weight excluding hydrogens is 526 g/mol. The molecule has 43 heavy (non-hydrogen) atoms. The van der Waals surface area contributed by atoms with E-state index < -0.39 is 0 Å². The van der Waals surface area contributed by atoms with Gasteiger partial charge in [-0.25, -0.2) is 9.67 Å². The smallest absolute Gasteiger partial charge is 0.182 e. The Balaban J connectivity index is 1.24. The summed E-state index contributed by atoms with van der Waals surface area (Å²) in [4.78, 5) is 9.69. The Hall–Kier alpha value is -5.94. The van der Waals surface area contributed by atoms with E-state index in [9.17, 15) is 0 Å². The van der Waals surface area contributed by atoms with Gasteiger partial charge in [-0.3, -0.25) is 0 Å². The first-order chi connectivity index (χ1) is 21.3. The highest BCUT2D eigenvalue weighted by atomic mass is 15.4. The first kappa shape index (κ1) is 24.8. The molecule has 0 bridgehead atoms. The average molecular weight is 554 g/mol. The van der Waals surface area contributed by atoms with Crippen LogP contribution in [0.4, 0.5) is 34.1 Å². The van der Waals surface area contributed by atoms with E-state index >= 15 is 0 Å². The standard InChI is InChI=1S/C38H27N5/c1-4-14-28(15-5-1)37-39-38(43(40-37)32-18-8-3-9-19-32)29-24-26-31(27-25-29)42-35-22-12-10-20-33(35)41(30-16-6-2-7-17-30)34-21-11-13-23-36(34)42/h1-27H. The number of fused-ring (bicyclic) bond motifs is 2. The highest BCUT2D eigenvalue weighted by Gasteiger charge is 2.30. The lowest BCUT2D eigenvalue weighted by molar-refractivity contribution is 0.890. The van der Waals surface area contributed by atoms with Crippen LogP contribution in [-0.4, -0.2) is 14.8 Å². The number of rotatable bonds is 5. The van der Waals surface area contributed by atoms with Gasteiger partial charge in [-0.2, -0.15) is 0 Å². The summed E-state index contributed by atoms with van der Waals surface area (Å²) >= 11 is 0. The van der Waals surface area contributed by atoms with Crippen LogP contribution in [0.5, 0.6) is 0 Å². The van der Waals surface area contributed by atoms with Crippen LogP contribution >= 0.6 is 0 Å². The Morgan fingerprint density at radius 1 is 0.349 bits per heavy atom. The third-order valence-corrected chi connectivity index (χ3v) is 7.77. The van der Waals surface area contributed by atoms with Crippen molar-refractivity contribution in [2.75, 3.05) is 9.80 Å². The second-order valence-electron chi connectivity index (χ2n) is 10.4. The van der Waals surface area contributed by atoms with Gasteiger partial charge in [0.2, 0.25) is 0 Å². The van der Waals surface area contributed by atoms with Crippen LogP contribution in [0.1, 0.15) is 0 Å². The highest BCUT2D eigenvalue weighted by molar-refractivity contribution is 6.01. The van der Waals surface area contributed by atoms with E-state index in [0.717, 1.165) is 56.8 Å². The minimum Gasteiger partial charge on any atom is -0.306 e. The largest absolute Gasteiger partial charge is 0.306 e. The summed E-state index contributed by atoms with van der Waals surface area (Å²) in [5.41, 5.74) is 9.66. The number of anilines is 6. The molecule has 1 aliphatic rings. The summed E-state index contributed by atoms with van der Waals surface area (Å²) in [5, 5.41) is 4.93. The molecule has 1 aliphatic heterocycles. The molecule has 0 radical (unpaired) electrons. The van der Waals surface area contributed by atoms with Gasteiger partial charge in [0.25, 0.3) is 0 Å². The minimum absolute atomic E-state index is 0.698. The second kappa shape index (κ2) is 10.5. The Kier molecular flexibility index (Phi) is 6.05. The lowest BCUT2D eigenvalue weighted by Crippen LogP contribution is -2.23. The lowest BCUT2D eigenvalue weighted by atomic mass is 10.0. The molecule has 0 atom stereocenters. The number of benzene rings is 6. The molecule has 2 heterocycles. The molecular formula is C38H27N5. The molecule has 0 saturated carbocycles. The van der Waals surface area contributed by atoms with Crippen molar-refractivity contribution < 1.29 is 0 Å². The Labute approximate surface area is 250 Å². The fraction of sp³-hybridized carbons (Fsp3) is 0. The van der Waals surface area contributed by atoms with Gasteiger partial charge in [0, 0.05) is 22.5 Å². The van der Waals surface area contributed by atoms with Crippen molar-refractivity contribution in [3.63, 3.8) is 0 Å². The summed E-state index contributed by atoms with van der Waals surface area (Å²) in [5.74, 6) is 1.50. The molecule has 6 aromatic carbocycles. The molecule has 1 aromatic heterocycles. The van der Waals surface area contributed by atoms with Crippen LogP contribution in [0.2, 0.25) is 0 Å². The van der Waals surface area contributed by atoms with Crippen molar-refractivity contribution in [1.29, 1.82) is 0 Å². The molecule has 0 spiro atoms. The molecule has 0 unspecified atom stereocenters. The molecule has 5 nitrogen and oxygen atoms in total. The van der Waals surface area contributed by atoms with Crippen LogP contribution < -0.4 is 9.80 Å². The zero-order chi connectivity index (χ0) is 28.6. The molecule has 8 rings (SSSR count). The summed E-state index contributed by atoms with van der Waals surface area (Å²) in [6.07, 6.45) is 0. The topological polar surface area (TPSA) is 37.2 Å². The van der Waals surface area contributed by atoms with Crippen molar-refractivity contribution in [1.82, 2.24) is 14.8 Å². The lowest BCUT2D eigenvalue weighted by Gasteiger charge is -2.40. The van der Waals surface area contributed by atoms with E-state index in [2.05, 4.69) is 125 Å². The van der Waals surface area contributed by atoms with E-state index in [-0.39, 0.29) is 0 Å². The predicted molar refractivity (Wildman–Crippen MR) is 175 cm³/mol. The number of hydrogen-bond acceptors (Lipinski definition) is 4. The summed E-state index contributed by atoms with van der Waals surface area (Å²) in [6, 6.07) is 56.6. The fourth-order valence-corrected chi connectivity index (χ4v) is 5.79. The van der Waals surface area contributed by atoms with E-state index in [4.69, 9.17) is 10.1 Å². The van der Waals surface area contributed by atoms with E-state index in [1.807, 2.05) is 53.2 Å². The maximum absolute atomic E-state index is 5.02. The average Bonchev–Trinajstić information content (AvgIpc) is 3.54. The van der Waals surface area contributed by atoms with E-state index in [1.165, 1.54) is 0 Å². The number of hydrogen-bond donors (Lipinski definition) is 0. The van der Waals surface area contributed by atoms with Gasteiger partial charge in [-0.05, 0) is 72.8 Å². The third kappa shape index (κ3) is 4.35. The van der Waals surface area contributed by atoms with Crippen molar-refractivity contribution in [3.8, 4) is 28.5 Å². The second-order valence-corrected chi connectivity index (χ2v) is 10.4. The van der Waals surface area contributed by atoms with Gasteiger partial charge in [0.05, 0.1) is 28.4 Å². The molecule has 0 fully saturated rings. The number of para-hydroxylation sites is 6. The Morgan fingerprint density at radius 3 is 1.28 bits per heavy atom. The predicted octanol–water partition coefficient (Wildman–Crippen LogP) is 9.85. The van der Waals surface area contributed by atoms with Crippen LogP contribution in [-0.2, 0) is 0 Å². The summed E-state index contributed by atoms with van der Waals surface area (Å²) in [7, 11) is 0. The molecule has 7 aromatic rings. The van der Waals surface area contributed by atoms with Gasteiger partial charge in [-0.1, -0.05) is 91.0 Å². The van der Waals surface area contributed by atoms with Gasteiger partial charge < -0.3 is 9.80 Å². The van der Waals surface area contributed by atoms with E-state index in [0.29, 0.717) is 5.82 Å². The van der Waals surface area contributed by atoms with Crippen LogP contribution in [0.25, 0.3) is 28.5 Å². The molecule has 0 amide bonds. The quantitative estimate of drug-likeness (QED) is 0.213. The third-order valence-electron chi connectivity index (χ3n) is 7.77. The van der Waals surface area contributed by atoms with Crippen LogP contribution in [0.3, 0.4) is 0 Å². The zero-order valence-electron chi connectivity index (χ0n) is 23.3. The van der Waals surface area contributed by atoms with Crippen molar-refractivity contribution in [2.24, 2.45) is 0 Å². The van der Waals surface area contributed by atoms with Crippen LogP contribution in [0, 0.1) is 0 Å². The number of aromatic nitrogens is 3. The molecule has 0 saturated heterocycles. The van der Waals surface area contributed by atoms with E-state index in [1.54, 1.807) is 0 Å². The summed E-state index contributed by atoms with van der Waals surface area (Å²) < 4.78 is 1.93. The fourth-order valence-electron chi connectivity index (χ4n) is 5.79.